The van der Waals surface area contributed by atoms with Crippen LogP contribution in [0.3, 0.4) is 0 Å². The topological polar surface area (TPSA) is 89.1 Å². The zero-order chi connectivity index (χ0) is 42.8. The van der Waals surface area contributed by atoms with Crippen LogP contribution < -0.4 is 0 Å². The summed E-state index contributed by atoms with van der Waals surface area (Å²) in [5, 5.41) is 0. The molecule has 322 valence electrons. The van der Waals surface area contributed by atoms with E-state index in [9.17, 15) is 0 Å². The maximum atomic E-state index is 4.65. The molecule has 10 heteroatoms. The Labute approximate surface area is 352 Å². The largest absolute Gasteiger partial charge is 0.335 e. The third-order valence-corrected chi connectivity index (χ3v) is 13.4. The molecular formula is C48H80N10. The Bertz CT molecular complexity index is 1930. The van der Waals surface area contributed by atoms with Gasteiger partial charge in [0.1, 0.15) is 29.1 Å². The molecule has 0 saturated heterocycles. The van der Waals surface area contributed by atoms with Crippen molar-refractivity contribution in [3.63, 3.8) is 0 Å². The summed E-state index contributed by atoms with van der Waals surface area (Å²) in [6, 6.07) is 0. The number of aromatic nitrogens is 10. The lowest BCUT2D eigenvalue weighted by molar-refractivity contribution is 0.627. The van der Waals surface area contributed by atoms with Crippen LogP contribution in [-0.2, 0) is 35.2 Å². The van der Waals surface area contributed by atoms with Gasteiger partial charge in [0, 0.05) is 100 Å². The average molecular weight is 797 g/mol. The maximum Gasteiger partial charge on any atom is 0.111 e. The van der Waals surface area contributed by atoms with Crippen molar-refractivity contribution in [2.75, 3.05) is 0 Å². The van der Waals surface area contributed by atoms with Gasteiger partial charge in [0.2, 0.25) is 0 Å². The minimum Gasteiger partial charge on any atom is -0.335 e. The summed E-state index contributed by atoms with van der Waals surface area (Å²) in [5.41, 5.74) is 9.25. The molecule has 0 bridgehead atoms. The molecule has 5 aromatic heterocycles. The van der Waals surface area contributed by atoms with Crippen molar-refractivity contribution < 1.29 is 0 Å². The van der Waals surface area contributed by atoms with E-state index >= 15 is 0 Å². The number of hydrogen-bond acceptors (Lipinski definition) is 5. The van der Waals surface area contributed by atoms with Crippen LogP contribution in [0.1, 0.15) is 203 Å². The Balaban J connectivity index is 0.000000161. The van der Waals surface area contributed by atoms with E-state index in [0.29, 0.717) is 11.8 Å². The van der Waals surface area contributed by atoms with E-state index in [0.717, 1.165) is 41.1 Å². The molecule has 0 aromatic carbocycles. The molecule has 0 spiro atoms. The Morgan fingerprint density at radius 3 is 1.29 bits per heavy atom. The summed E-state index contributed by atoms with van der Waals surface area (Å²) in [6.07, 6.45) is 22.4. The van der Waals surface area contributed by atoms with E-state index in [1.54, 1.807) is 0 Å². The molecule has 0 atom stereocenters. The van der Waals surface area contributed by atoms with Gasteiger partial charge in [0.05, 0.1) is 11.4 Å². The van der Waals surface area contributed by atoms with E-state index in [1.807, 2.05) is 32.4 Å². The highest BCUT2D eigenvalue weighted by molar-refractivity contribution is 5.20. The molecular weight excluding hydrogens is 717 g/mol. The second kappa shape index (κ2) is 21.3. The number of aryl methyl sites for hydroxylation is 5. The first-order valence-corrected chi connectivity index (χ1v) is 22.4. The summed E-state index contributed by atoms with van der Waals surface area (Å²) < 4.78 is 10.9. The molecule has 3 saturated carbocycles. The third kappa shape index (κ3) is 11.6. The summed E-state index contributed by atoms with van der Waals surface area (Å²) in [6.45, 7) is 23.3. The second-order valence-electron chi connectivity index (χ2n) is 18.0. The van der Waals surface area contributed by atoms with Gasteiger partial charge >= 0.3 is 0 Å². The smallest absolute Gasteiger partial charge is 0.111 e. The van der Waals surface area contributed by atoms with Gasteiger partial charge in [-0.2, -0.15) is 0 Å². The van der Waals surface area contributed by atoms with Crippen LogP contribution in [0.25, 0.3) is 0 Å². The predicted octanol–water partition coefficient (Wildman–Crippen LogP) is 11.5. The fourth-order valence-corrected chi connectivity index (χ4v) is 8.88. The maximum absolute atomic E-state index is 4.65. The molecule has 58 heavy (non-hydrogen) atoms. The van der Waals surface area contributed by atoms with Crippen molar-refractivity contribution in [2.24, 2.45) is 35.2 Å². The highest BCUT2D eigenvalue weighted by Gasteiger charge is 2.23. The molecule has 3 aliphatic rings. The standard InChI is InChI=1S/C11H18N2.2C10H16N2.C9H16N2.C8H14N2/c1-8-11(10-6-4-5-7-10)12-9(2)13(8)3;1-8-11-7-10(12(8)2)9-5-3-4-6-9;1-8-7-11-10(12(8)2)9-5-3-4-6-9;1-6(2)9-7(3)11(5)8(4)10-9;1-6(2)8-5-9-7(3)10(8)4/h10H,4-7H2,1-3H3;2*7,9H,3-6H2,1-2H3;6H,1-5H3;5-6H,1-4H3. The molecule has 8 rings (SSSR count). The van der Waals surface area contributed by atoms with Crippen LogP contribution in [0.2, 0.25) is 0 Å². The monoisotopic (exact) mass is 797 g/mol. The molecule has 5 aromatic rings. The second-order valence-corrected chi connectivity index (χ2v) is 18.0. The van der Waals surface area contributed by atoms with E-state index in [1.165, 1.54) is 123 Å². The van der Waals surface area contributed by atoms with Gasteiger partial charge in [-0.05, 0) is 98.8 Å². The molecule has 0 unspecified atom stereocenters. The Morgan fingerprint density at radius 1 is 0.466 bits per heavy atom. The van der Waals surface area contributed by atoms with Gasteiger partial charge in [-0.15, -0.1) is 0 Å². The molecule has 5 heterocycles. The number of imidazole rings is 5. The normalized spacial score (nSPS) is 15.9. The Morgan fingerprint density at radius 2 is 0.948 bits per heavy atom. The summed E-state index contributed by atoms with van der Waals surface area (Å²) in [4.78, 5) is 22.1. The number of rotatable bonds is 5. The highest BCUT2D eigenvalue weighted by atomic mass is 15.1. The van der Waals surface area contributed by atoms with Crippen molar-refractivity contribution in [1.82, 2.24) is 47.8 Å². The van der Waals surface area contributed by atoms with Gasteiger partial charge in [-0.1, -0.05) is 66.2 Å². The first-order valence-electron chi connectivity index (χ1n) is 22.4. The summed E-state index contributed by atoms with van der Waals surface area (Å²) in [5.74, 6) is 9.16. The third-order valence-electron chi connectivity index (χ3n) is 13.4. The van der Waals surface area contributed by atoms with E-state index in [2.05, 4.69) is 145 Å². The number of nitrogens with zero attached hydrogens (tertiary/aromatic N) is 10. The molecule has 10 nitrogen and oxygen atoms in total. The average Bonchev–Trinajstić information content (AvgIpc) is 4.06. The number of hydrogen-bond donors (Lipinski definition) is 0. The van der Waals surface area contributed by atoms with Crippen LogP contribution in [0, 0.1) is 48.5 Å². The van der Waals surface area contributed by atoms with Gasteiger partial charge in [-0.3, -0.25) is 0 Å². The molecule has 3 fully saturated rings. The molecule has 0 amide bonds. The van der Waals surface area contributed by atoms with Gasteiger partial charge in [-0.25, -0.2) is 24.9 Å². The van der Waals surface area contributed by atoms with Crippen LogP contribution in [0.5, 0.6) is 0 Å². The quantitative estimate of drug-likeness (QED) is 0.177. The lowest BCUT2D eigenvalue weighted by Crippen LogP contribution is -2.03. The first-order chi connectivity index (χ1) is 27.4. The van der Waals surface area contributed by atoms with E-state index in [4.69, 9.17) is 0 Å². The van der Waals surface area contributed by atoms with Crippen molar-refractivity contribution in [3.05, 3.63) is 87.6 Å². The molecule has 3 aliphatic carbocycles. The summed E-state index contributed by atoms with van der Waals surface area (Å²) >= 11 is 0. The fraction of sp³-hybridized carbons (Fsp3) is 0.688. The molecule has 0 aliphatic heterocycles. The lowest BCUT2D eigenvalue weighted by atomic mass is 10.0. The Kier molecular flexibility index (Phi) is 17.2. The van der Waals surface area contributed by atoms with E-state index < -0.39 is 0 Å². The van der Waals surface area contributed by atoms with Crippen LogP contribution in [0.4, 0.5) is 0 Å². The van der Waals surface area contributed by atoms with Gasteiger partial charge in [0.15, 0.2) is 0 Å². The zero-order valence-corrected chi connectivity index (χ0v) is 39.6. The van der Waals surface area contributed by atoms with Crippen molar-refractivity contribution in [1.29, 1.82) is 0 Å². The lowest BCUT2D eigenvalue weighted by Gasteiger charge is -2.09. The fourth-order valence-electron chi connectivity index (χ4n) is 8.88. The van der Waals surface area contributed by atoms with Gasteiger partial charge < -0.3 is 22.8 Å². The Hall–Kier alpha value is -3.95. The van der Waals surface area contributed by atoms with Crippen molar-refractivity contribution >= 4 is 0 Å². The minimum absolute atomic E-state index is 0.537. The summed E-state index contributed by atoms with van der Waals surface area (Å²) in [7, 11) is 10.5. The molecule has 0 N–H and O–H groups in total. The highest BCUT2D eigenvalue weighted by Crippen LogP contribution is 2.36. The van der Waals surface area contributed by atoms with Crippen LogP contribution >= 0.6 is 0 Å². The first kappa shape index (κ1) is 46.7. The minimum atomic E-state index is 0.537. The van der Waals surface area contributed by atoms with Crippen molar-refractivity contribution in [3.8, 4) is 0 Å². The van der Waals surface area contributed by atoms with Crippen LogP contribution in [0.15, 0.2) is 18.6 Å². The van der Waals surface area contributed by atoms with E-state index in [-0.39, 0.29) is 0 Å². The molecule has 0 radical (unpaired) electrons. The van der Waals surface area contributed by atoms with Gasteiger partial charge in [0.25, 0.3) is 0 Å². The SMILES string of the molecule is Cc1cnc(C2CCCC2)n1C.Cc1nc(C(C)C)c(C)n1C.Cc1nc(C2CCCC2)c(C)n1C.Cc1ncc(C(C)C)n1C.Cc1ncc(C2CCCC2)n1C. The van der Waals surface area contributed by atoms with Crippen LogP contribution in [-0.4, -0.2) is 47.8 Å². The zero-order valence-electron chi connectivity index (χ0n) is 39.6. The van der Waals surface area contributed by atoms with Crippen molar-refractivity contribution in [2.45, 2.75) is 183 Å². The predicted molar refractivity (Wildman–Crippen MR) is 241 cm³/mol.